The Morgan fingerprint density at radius 2 is 1.86 bits per heavy atom. The quantitative estimate of drug-likeness (QED) is 0.267. The summed E-state index contributed by atoms with van der Waals surface area (Å²) in [6, 6.07) is 8.36. The van der Waals surface area contributed by atoms with Crippen molar-refractivity contribution in [3.8, 4) is 0 Å². The second-order valence-corrected chi connectivity index (χ2v) is 10.9. The van der Waals surface area contributed by atoms with Gasteiger partial charge in [-0.05, 0) is 32.5 Å². The average Bonchev–Trinajstić information content (AvgIpc) is 3.06. The molecule has 2 saturated heterocycles. The number of carbonyl (C=O) groups is 4. The number of thioether (sulfide) groups is 1. The number of hydrogen-bond donors (Lipinski definition) is 2. The van der Waals surface area contributed by atoms with Crippen LogP contribution < -0.4 is 10.6 Å². The number of hydrogen-bond acceptors (Lipinski definition) is 7. The zero-order valence-electron chi connectivity index (χ0n) is 21.1. The van der Waals surface area contributed by atoms with E-state index in [0.29, 0.717) is 6.42 Å². The molecule has 35 heavy (non-hydrogen) atoms. The fourth-order valence-electron chi connectivity index (χ4n) is 4.77. The second-order valence-electron chi connectivity index (χ2n) is 9.23. The number of nitrogens with one attached hydrogen (secondary N) is 2. The molecule has 0 aromatic heterocycles. The first kappa shape index (κ1) is 27.0. The number of β-lactam (4-membered cyclic amide) rings is 1. The maximum Gasteiger partial charge on any atom is 0.330 e. The summed E-state index contributed by atoms with van der Waals surface area (Å²) >= 11 is 1.42. The number of ether oxygens (including phenoxy) is 1. The number of nitrogens with zero attached hydrogens (tertiary/aromatic N) is 2. The van der Waals surface area contributed by atoms with Crippen LogP contribution >= 0.6 is 11.8 Å². The Labute approximate surface area is 211 Å². The summed E-state index contributed by atoms with van der Waals surface area (Å²) in [5, 5.41) is 5.51. The van der Waals surface area contributed by atoms with E-state index in [0.717, 1.165) is 18.7 Å². The molecule has 3 unspecified atom stereocenters. The zero-order chi connectivity index (χ0) is 25.8. The van der Waals surface area contributed by atoms with Crippen molar-refractivity contribution in [2.24, 2.45) is 0 Å². The van der Waals surface area contributed by atoms with Crippen molar-refractivity contribution in [2.45, 2.75) is 75.8 Å². The number of carbonyl (C=O) groups excluding carboxylic acids is 4. The fourth-order valence-corrected chi connectivity index (χ4v) is 6.53. The molecule has 10 heteroatoms. The van der Waals surface area contributed by atoms with Gasteiger partial charge in [-0.15, -0.1) is 11.8 Å². The smallest absolute Gasteiger partial charge is 0.330 e. The predicted molar refractivity (Wildman–Crippen MR) is 134 cm³/mol. The summed E-state index contributed by atoms with van der Waals surface area (Å²) in [6.07, 6.45) is -0.442. The van der Waals surface area contributed by atoms with E-state index in [9.17, 15) is 19.2 Å². The second kappa shape index (κ2) is 11.4. The van der Waals surface area contributed by atoms with Crippen LogP contribution in [-0.4, -0.2) is 81.6 Å². The van der Waals surface area contributed by atoms with Crippen molar-refractivity contribution in [2.75, 3.05) is 19.7 Å². The van der Waals surface area contributed by atoms with E-state index in [1.807, 2.05) is 51.1 Å². The lowest BCUT2D eigenvalue weighted by molar-refractivity contribution is -0.163. The molecule has 0 saturated carbocycles. The van der Waals surface area contributed by atoms with Gasteiger partial charge in [0.15, 0.2) is 0 Å². The van der Waals surface area contributed by atoms with Crippen molar-refractivity contribution in [3.05, 3.63) is 35.9 Å². The Morgan fingerprint density at radius 3 is 2.43 bits per heavy atom. The number of likely N-dealkylation sites (N-methyl/N-ethyl adjacent to an activating group) is 1. The molecule has 1 aromatic rings. The monoisotopic (exact) mass is 504 g/mol. The van der Waals surface area contributed by atoms with Crippen LogP contribution in [0.2, 0.25) is 0 Å². The molecule has 3 rings (SSSR count). The first-order valence-electron chi connectivity index (χ1n) is 12.1. The molecule has 0 bridgehead atoms. The number of fused-ring (bicyclic) bond motifs is 1. The van der Waals surface area contributed by atoms with Crippen molar-refractivity contribution >= 4 is 35.5 Å². The van der Waals surface area contributed by atoms with E-state index in [1.165, 1.54) is 23.6 Å². The topological polar surface area (TPSA) is 108 Å². The fraction of sp³-hybridized carbons (Fsp3) is 0.600. The highest BCUT2D eigenvalue weighted by Crippen LogP contribution is 2.52. The maximum atomic E-state index is 13.4. The number of esters is 1. The van der Waals surface area contributed by atoms with Crippen LogP contribution in [0.3, 0.4) is 0 Å². The molecular formula is C25H36N4O5S. The van der Waals surface area contributed by atoms with Crippen molar-refractivity contribution < 1.29 is 23.9 Å². The van der Waals surface area contributed by atoms with Crippen LogP contribution in [0, 0.1) is 0 Å². The van der Waals surface area contributed by atoms with Crippen LogP contribution in [-0.2, 0) is 30.3 Å². The van der Waals surface area contributed by atoms with E-state index in [4.69, 9.17) is 4.74 Å². The van der Waals surface area contributed by atoms with Gasteiger partial charge in [-0.1, -0.05) is 44.2 Å². The summed E-state index contributed by atoms with van der Waals surface area (Å²) < 4.78 is 4.70. The maximum absolute atomic E-state index is 13.4. The highest BCUT2D eigenvalue weighted by atomic mass is 32.2. The normalized spacial score (nSPS) is 24.9. The molecule has 2 aliphatic rings. The Morgan fingerprint density at radius 1 is 1.20 bits per heavy atom. The summed E-state index contributed by atoms with van der Waals surface area (Å²) in [5.41, 5.74) is 0.830. The lowest BCUT2D eigenvalue weighted by atomic mass is 9.93. The van der Waals surface area contributed by atoms with E-state index in [2.05, 4.69) is 15.5 Å². The SMILES string of the molecule is CCN(CC)C(C)COC(=O)[C@@H]1N2C(=O)C[C@H]2SC1(C)C(NC(C)=O)NC(=O)Cc1ccccc1. The van der Waals surface area contributed by atoms with Crippen LogP contribution in [0.1, 0.15) is 46.6 Å². The number of amides is 3. The molecule has 192 valence electrons. The van der Waals surface area contributed by atoms with Gasteiger partial charge in [-0.2, -0.15) is 0 Å². The minimum atomic E-state index is -1.01. The van der Waals surface area contributed by atoms with Crippen LogP contribution in [0.5, 0.6) is 0 Å². The Hall–Kier alpha value is -2.59. The zero-order valence-corrected chi connectivity index (χ0v) is 21.9. The van der Waals surface area contributed by atoms with Gasteiger partial charge in [-0.3, -0.25) is 19.3 Å². The predicted octanol–water partition coefficient (Wildman–Crippen LogP) is 1.51. The molecule has 2 heterocycles. The van der Waals surface area contributed by atoms with Crippen molar-refractivity contribution in [1.82, 2.24) is 20.4 Å². The van der Waals surface area contributed by atoms with Gasteiger partial charge in [0, 0.05) is 13.0 Å². The van der Waals surface area contributed by atoms with E-state index in [1.54, 1.807) is 6.92 Å². The van der Waals surface area contributed by atoms with Gasteiger partial charge in [0.1, 0.15) is 18.8 Å². The Bertz CT molecular complexity index is 941. The molecule has 3 amide bonds. The molecule has 0 aliphatic carbocycles. The van der Waals surface area contributed by atoms with Crippen LogP contribution in [0.25, 0.3) is 0 Å². The number of benzene rings is 1. The Balaban J connectivity index is 1.81. The minimum absolute atomic E-state index is 0.0221. The van der Waals surface area contributed by atoms with Gasteiger partial charge >= 0.3 is 5.97 Å². The highest BCUT2D eigenvalue weighted by molar-refractivity contribution is 8.01. The standard InChI is InChI=1S/C25H36N4O5S/c1-6-28(7-2)16(3)15-34-23(33)22-25(5,35-21-14-20(32)29(21)22)24(26-17(4)30)27-19(31)13-18-11-9-8-10-12-18/h8-12,16,21-22,24H,6-7,13-15H2,1-5H3,(H,26,30)(H,27,31)/t16?,21-,22+,24?,25?/m1/s1. The van der Waals surface area contributed by atoms with E-state index < -0.39 is 22.9 Å². The van der Waals surface area contributed by atoms with Gasteiger partial charge in [0.2, 0.25) is 17.7 Å². The third-order valence-corrected chi connectivity index (χ3v) is 8.35. The van der Waals surface area contributed by atoms with Crippen molar-refractivity contribution in [1.29, 1.82) is 0 Å². The Kier molecular flexibility index (Phi) is 8.82. The average molecular weight is 505 g/mol. The molecule has 1 aromatic carbocycles. The molecule has 5 atom stereocenters. The first-order chi connectivity index (χ1) is 16.6. The van der Waals surface area contributed by atoms with Crippen LogP contribution in [0.4, 0.5) is 0 Å². The molecular weight excluding hydrogens is 468 g/mol. The third-order valence-electron chi connectivity index (χ3n) is 6.72. The lowest BCUT2D eigenvalue weighted by Gasteiger charge is -2.40. The van der Waals surface area contributed by atoms with Gasteiger partial charge in [-0.25, -0.2) is 4.79 Å². The largest absolute Gasteiger partial charge is 0.462 e. The summed E-state index contributed by atoms with van der Waals surface area (Å²) in [6.45, 7) is 11.1. The summed E-state index contributed by atoms with van der Waals surface area (Å²) in [5.74, 6) is -1.30. The first-order valence-corrected chi connectivity index (χ1v) is 13.0. The molecule has 0 radical (unpaired) electrons. The van der Waals surface area contributed by atoms with Crippen molar-refractivity contribution in [3.63, 3.8) is 0 Å². The molecule has 9 nitrogen and oxygen atoms in total. The summed E-state index contributed by atoms with van der Waals surface area (Å²) in [4.78, 5) is 54.6. The molecule has 2 aliphatic heterocycles. The van der Waals surface area contributed by atoms with E-state index in [-0.39, 0.29) is 42.2 Å². The molecule has 0 spiro atoms. The number of rotatable bonds is 11. The highest BCUT2D eigenvalue weighted by Gasteiger charge is 2.64. The van der Waals surface area contributed by atoms with Gasteiger partial charge in [0.05, 0.1) is 23.0 Å². The van der Waals surface area contributed by atoms with Crippen LogP contribution in [0.15, 0.2) is 30.3 Å². The van der Waals surface area contributed by atoms with E-state index >= 15 is 0 Å². The van der Waals surface area contributed by atoms with Gasteiger partial charge < -0.3 is 20.3 Å². The minimum Gasteiger partial charge on any atom is -0.462 e. The molecule has 2 N–H and O–H groups in total. The summed E-state index contributed by atoms with van der Waals surface area (Å²) in [7, 11) is 0. The third kappa shape index (κ3) is 5.98. The lowest BCUT2D eigenvalue weighted by Crippen LogP contribution is -2.66. The van der Waals surface area contributed by atoms with Gasteiger partial charge in [0.25, 0.3) is 0 Å². The molecule has 2 fully saturated rings.